The van der Waals surface area contributed by atoms with E-state index in [2.05, 4.69) is 10.3 Å². The number of rotatable bonds is 5. The third-order valence-electron chi connectivity index (χ3n) is 5.48. The number of carbonyl (C=O) groups is 2. The number of hydrogen-bond donors (Lipinski definition) is 2. The lowest BCUT2D eigenvalue weighted by Gasteiger charge is -2.24. The molecule has 1 amide bonds. The van der Waals surface area contributed by atoms with Crippen LogP contribution in [0.3, 0.4) is 0 Å². The maximum Gasteiger partial charge on any atom is 0.261 e. The van der Waals surface area contributed by atoms with Crippen molar-refractivity contribution in [3.63, 3.8) is 0 Å². The molecular weight excluding hydrogens is 396 g/mol. The van der Waals surface area contributed by atoms with Gasteiger partial charge >= 0.3 is 0 Å². The number of carbonyl (C=O) groups excluding carboxylic acids is 2. The third kappa shape index (κ3) is 4.07. The quantitative estimate of drug-likeness (QED) is 0.660. The van der Waals surface area contributed by atoms with E-state index >= 15 is 0 Å². The number of anilines is 1. The summed E-state index contributed by atoms with van der Waals surface area (Å²) in [5.74, 6) is 0.247. The predicted molar refractivity (Wildman–Crippen MR) is 116 cm³/mol. The SMILES string of the molecule is COc1ccc(NC(=O)c2cc3c([nH]c2=O)C[C@H](c2ccccc2)CC3=O)c(OC)c1. The van der Waals surface area contributed by atoms with Gasteiger partial charge in [0.15, 0.2) is 5.78 Å². The van der Waals surface area contributed by atoms with Crippen LogP contribution in [-0.2, 0) is 6.42 Å². The number of pyridine rings is 1. The molecule has 4 rings (SSSR count). The molecule has 2 N–H and O–H groups in total. The first-order valence-corrected chi connectivity index (χ1v) is 9.88. The molecule has 1 aliphatic rings. The highest BCUT2D eigenvalue weighted by Crippen LogP contribution is 2.32. The maximum atomic E-state index is 12.8. The lowest BCUT2D eigenvalue weighted by atomic mass is 9.81. The molecule has 158 valence electrons. The summed E-state index contributed by atoms with van der Waals surface area (Å²) in [7, 11) is 3.00. The van der Waals surface area contributed by atoms with Crippen LogP contribution < -0.4 is 20.3 Å². The van der Waals surface area contributed by atoms with Gasteiger partial charge in [0.2, 0.25) is 0 Å². The Bertz CT molecular complexity index is 1200. The average Bonchev–Trinajstić information content (AvgIpc) is 2.79. The van der Waals surface area contributed by atoms with E-state index in [1.807, 2.05) is 30.3 Å². The van der Waals surface area contributed by atoms with Crippen molar-refractivity contribution in [1.82, 2.24) is 4.98 Å². The van der Waals surface area contributed by atoms with Crippen molar-refractivity contribution in [3.05, 3.63) is 87.3 Å². The van der Waals surface area contributed by atoms with Crippen molar-refractivity contribution in [3.8, 4) is 11.5 Å². The molecule has 2 aromatic carbocycles. The summed E-state index contributed by atoms with van der Waals surface area (Å²) < 4.78 is 10.4. The number of nitrogens with one attached hydrogen (secondary N) is 2. The average molecular weight is 418 g/mol. The molecule has 31 heavy (non-hydrogen) atoms. The van der Waals surface area contributed by atoms with Crippen LogP contribution in [-0.4, -0.2) is 30.9 Å². The molecule has 1 aliphatic carbocycles. The van der Waals surface area contributed by atoms with Crippen LogP contribution in [0.2, 0.25) is 0 Å². The minimum absolute atomic E-state index is 0.0000804. The van der Waals surface area contributed by atoms with Crippen molar-refractivity contribution in [2.24, 2.45) is 0 Å². The van der Waals surface area contributed by atoms with E-state index in [9.17, 15) is 14.4 Å². The lowest BCUT2D eigenvalue weighted by molar-refractivity contribution is 0.0963. The van der Waals surface area contributed by atoms with Gasteiger partial charge in [-0.05, 0) is 36.1 Å². The highest BCUT2D eigenvalue weighted by atomic mass is 16.5. The number of aromatic nitrogens is 1. The maximum absolute atomic E-state index is 12.8. The molecule has 0 saturated carbocycles. The van der Waals surface area contributed by atoms with Gasteiger partial charge in [0, 0.05) is 23.7 Å². The number of fused-ring (bicyclic) bond motifs is 1. The summed E-state index contributed by atoms with van der Waals surface area (Å²) in [6, 6.07) is 16.0. The molecule has 0 fully saturated rings. The Morgan fingerprint density at radius 2 is 1.77 bits per heavy atom. The number of methoxy groups -OCH3 is 2. The van der Waals surface area contributed by atoms with Crippen LogP contribution in [0.5, 0.6) is 11.5 Å². The number of H-pyrrole nitrogens is 1. The van der Waals surface area contributed by atoms with Crippen molar-refractivity contribution in [1.29, 1.82) is 0 Å². The van der Waals surface area contributed by atoms with Gasteiger partial charge in [-0.25, -0.2) is 0 Å². The van der Waals surface area contributed by atoms with Gasteiger partial charge in [-0.15, -0.1) is 0 Å². The van der Waals surface area contributed by atoms with Crippen LogP contribution in [0.15, 0.2) is 59.4 Å². The zero-order chi connectivity index (χ0) is 22.0. The molecule has 0 unspecified atom stereocenters. The molecule has 3 aromatic rings. The van der Waals surface area contributed by atoms with Crippen LogP contribution in [0.1, 0.15) is 44.3 Å². The van der Waals surface area contributed by atoms with Crippen molar-refractivity contribution in [2.75, 3.05) is 19.5 Å². The van der Waals surface area contributed by atoms with Gasteiger partial charge in [-0.1, -0.05) is 30.3 Å². The summed E-state index contributed by atoms with van der Waals surface area (Å²) >= 11 is 0. The highest BCUT2D eigenvalue weighted by Gasteiger charge is 2.29. The number of ether oxygens (including phenoxy) is 2. The molecular formula is C24H22N2O5. The molecule has 7 heteroatoms. The molecule has 1 aromatic heterocycles. The number of benzene rings is 2. The monoisotopic (exact) mass is 418 g/mol. The Hall–Kier alpha value is -3.87. The molecule has 0 saturated heterocycles. The second-order valence-electron chi connectivity index (χ2n) is 7.36. The van der Waals surface area contributed by atoms with E-state index < -0.39 is 11.5 Å². The lowest BCUT2D eigenvalue weighted by Crippen LogP contribution is -2.29. The Morgan fingerprint density at radius 1 is 1.00 bits per heavy atom. The zero-order valence-electron chi connectivity index (χ0n) is 17.2. The molecule has 7 nitrogen and oxygen atoms in total. The van der Waals surface area contributed by atoms with Crippen LogP contribution in [0.25, 0.3) is 0 Å². The van der Waals surface area contributed by atoms with Gasteiger partial charge < -0.3 is 19.8 Å². The number of ketones is 1. The minimum Gasteiger partial charge on any atom is -0.497 e. The van der Waals surface area contributed by atoms with E-state index in [0.29, 0.717) is 41.3 Å². The highest BCUT2D eigenvalue weighted by molar-refractivity contribution is 6.07. The number of amides is 1. The van der Waals surface area contributed by atoms with E-state index in [-0.39, 0.29) is 17.3 Å². The van der Waals surface area contributed by atoms with Crippen molar-refractivity contribution >= 4 is 17.4 Å². The first kappa shape index (κ1) is 20.4. The van der Waals surface area contributed by atoms with Crippen LogP contribution in [0, 0.1) is 0 Å². The van der Waals surface area contributed by atoms with Crippen molar-refractivity contribution in [2.45, 2.75) is 18.8 Å². The van der Waals surface area contributed by atoms with Crippen LogP contribution >= 0.6 is 0 Å². The second-order valence-corrected chi connectivity index (χ2v) is 7.36. The Morgan fingerprint density at radius 3 is 2.48 bits per heavy atom. The second kappa shape index (κ2) is 8.47. The fourth-order valence-corrected chi connectivity index (χ4v) is 3.85. The summed E-state index contributed by atoms with van der Waals surface area (Å²) in [6.45, 7) is 0. The Kier molecular flexibility index (Phi) is 5.58. The standard InChI is InChI=1S/C24H22N2O5/c1-30-16-8-9-19(22(12-16)31-2)25-23(28)18-13-17-20(26-24(18)29)10-15(11-21(17)27)14-6-4-3-5-7-14/h3-9,12-13,15H,10-11H2,1-2H3,(H,25,28)(H,26,29)/t15-/m0/s1. The molecule has 1 atom stereocenters. The first-order valence-electron chi connectivity index (χ1n) is 9.88. The number of Topliss-reactive ketones (excluding diaryl/α,β-unsaturated/α-hetero) is 1. The van der Waals surface area contributed by atoms with E-state index in [4.69, 9.17) is 9.47 Å². The fourth-order valence-electron chi connectivity index (χ4n) is 3.85. The number of hydrogen-bond acceptors (Lipinski definition) is 5. The molecule has 0 bridgehead atoms. The van der Waals surface area contributed by atoms with Gasteiger partial charge in [0.05, 0.1) is 19.9 Å². The van der Waals surface area contributed by atoms with Crippen LogP contribution in [0.4, 0.5) is 5.69 Å². The molecule has 0 radical (unpaired) electrons. The molecule has 0 spiro atoms. The largest absolute Gasteiger partial charge is 0.497 e. The van der Waals surface area contributed by atoms with Gasteiger partial charge in [0.25, 0.3) is 11.5 Å². The van der Waals surface area contributed by atoms with E-state index in [0.717, 1.165) is 5.56 Å². The molecule has 0 aliphatic heterocycles. The fraction of sp³-hybridized carbons (Fsp3) is 0.208. The molecule has 1 heterocycles. The van der Waals surface area contributed by atoms with Gasteiger partial charge in [-0.3, -0.25) is 14.4 Å². The van der Waals surface area contributed by atoms with Crippen molar-refractivity contribution < 1.29 is 19.1 Å². The van der Waals surface area contributed by atoms with Gasteiger partial charge in [0.1, 0.15) is 17.1 Å². The normalized spacial score (nSPS) is 15.2. The van der Waals surface area contributed by atoms with E-state index in [1.54, 1.807) is 18.2 Å². The van der Waals surface area contributed by atoms with Gasteiger partial charge in [-0.2, -0.15) is 0 Å². The topological polar surface area (TPSA) is 97.5 Å². The smallest absolute Gasteiger partial charge is 0.261 e. The third-order valence-corrected chi connectivity index (χ3v) is 5.48. The summed E-state index contributed by atoms with van der Waals surface area (Å²) in [4.78, 5) is 41.0. The predicted octanol–water partition coefficient (Wildman–Crippen LogP) is 3.56. The zero-order valence-corrected chi connectivity index (χ0v) is 17.2. The first-order chi connectivity index (χ1) is 15.0. The minimum atomic E-state index is -0.620. The van der Waals surface area contributed by atoms with E-state index in [1.165, 1.54) is 20.3 Å². The summed E-state index contributed by atoms with van der Waals surface area (Å²) in [5.41, 5.74) is 1.73. The summed E-state index contributed by atoms with van der Waals surface area (Å²) in [5, 5.41) is 2.68. The summed E-state index contributed by atoms with van der Waals surface area (Å²) in [6.07, 6.45) is 0.866. The Labute approximate surface area is 179 Å². The number of aromatic amines is 1. The Balaban J connectivity index is 1.62.